The number of pyridine rings is 1. The maximum atomic E-state index is 13.2. The lowest BCUT2D eigenvalue weighted by molar-refractivity contribution is 0.0790. The van der Waals surface area contributed by atoms with Gasteiger partial charge in [0.25, 0.3) is 5.91 Å². The van der Waals surface area contributed by atoms with Crippen LogP contribution in [-0.2, 0) is 6.42 Å². The van der Waals surface area contributed by atoms with Crippen molar-refractivity contribution in [2.75, 3.05) is 18.9 Å². The number of nitrogens with one attached hydrogen (secondary N) is 1. The lowest BCUT2D eigenvalue weighted by Crippen LogP contribution is -2.29. The average molecular weight is 369 g/mol. The minimum Gasteiger partial charge on any atom is -0.340 e. The third-order valence-corrected chi connectivity index (χ3v) is 3.89. The molecule has 1 amide bonds. The molecule has 2 aromatic heterocycles. The van der Waals surface area contributed by atoms with E-state index in [0.717, 1.165) is 17.7 Å². The van der Waals surface area contributed by atoms with Crippen LogP contribution in [0.1, 0.15) is 16.1 Å². The summed E-state index contributed by atoms with van der Waals surface area (Å²) in [5.41, 5.74) is 1.61. The Morgan fingerprint density at radius 3 is 2.52 bits per heavy atom. The van der Waals surface area contributed by atoms with Gasteiger partial charge in [0.05, 0.1) is 12.4 Å². The molecule has 3 rings (SSSR count). The number of likely N-dealkylation sites (N-methyl/N-ethyl adjacent to an activating group) is 1. The number of hydrogen-bond acceptors (Lipinski definition) is 5. The molecule has 0 bridgehead atoms. The number of benzene rings is 1. The van der Waals surface area contributed by atoms with E-state index in [1.165, 1.54) is 18.5 Å². The highest BCUT2D eigenvalue weighted by atomic mass is 19.2. The summed E-state index contributed by atoms with van der Waals surface area (Å²) >= 11 is 0. The molecule has 0 saturated heterocycles. The molecule has 0 atom stereocenters. The third kappa shape index (κ3) is 4.81. The molecule has 138 valence electrons. The zero-order chi connectivity index (χ0) is 19.2. The molecule has 0 fully saturated rings. The van der Waals surface area contributed by atoms with Crippen molar-refractivity contribution >= 4 is 17.4 Å². The lowest BCUT2D eigenvalue weighted by Gasteiger charge is -2.16. The second kappa shape index (κ2) is 8.31. The number of hydrogen-bond donors (Lipinski definition) is 1. The molecule has 6 nitrogen and oxygen atoms in total. The Labute approximate surface area is 154 Å². The molecule has 1 N–H and O–H groups in total. The fourth-order valence-corrected chi connectivity index (χ4v) is 2.37. The largest absolute Gasteiger partial charge is 0.340 e. The zero-order valence-corrected chi connectivity index (χ0v) is 14.6. The number of anilines is 2. The van der Waals surface area contributed by atoms with E-state index in [0.29, 0.717) is 24.5 Å². The predicted octanol–water partition coefficient (Wildman–Crippen LogP) is 3.21. The van der Waals surface area contributed by atoms with Crippen molar-refractivity contribution in [2.45, 2.75) is 6.42 Å². The van der Waals surface area contributed by atoms with Crippen LogP contribution in [0.25, 0.3) is 0 Å². The van der Waals surface area contributed by atoms with Crippen LogP contribution >= 0.6 is 0 Å². The van der Waals surface area contributed by atoms with Crippen molar-refractivity contribution in [3.63, 3.8) is 0 Å². The van der Waals surface area contributed by atoms with Gasteiger partial charge < -0.3 is 10.2 Å². The Bertz CT molecular complexity index is 919. The van der Waals surface area contributed by atoms with Crippen LogP contribution in [0.5, 0.6) is 0 Å². The quantitative estimate of drug-likeness (QED) is 0.722. The number of rotatable bonds is 6. The molecule has 0 saturated carbocycles. The van der Waals surface area contributed by atoms with Gasteiger partial charge in [0.1, 0.15) is 11.5 Å². The van der Waals surface area contributed by atoms with Crippen LogP contribution in [-0.4, -0.2) is 39.4 Å². The summed E-state index contributed by atoms with van der Waals surface area (Å²) in [6.45, 7) is 0.527. The third-order valence-electron chi connectivity index (χ3n) is 3.89. The first kappa shape index (κ1) is 18.4. The van der Waals surface area contributed by atoms with Gasteiger partial charge in [-0.25, -0.2) is 18.7 Å². The van der Waals surface area contributed by atoms with Crippen molar-refractivity contribution in [1.29, 1.82) is 0 Å². The molecule has 3 aromatic rings. The Kier molecular flexibility index (Phi) is 5.65. The normalized spacial score (nSPS) is 10.5. The van der Waals surface area contributed by atoms with Crippen LogP contribution in [0.3, 0.4) is 0 Å². The van der Waals surface area contributed by atoms with Crippen molar-refractivity contribution in [2.24, 2.45) is 0 Å². The highest BCUT2D eigenvalue weighted by molar-refractivity contribution is 5.91. The summed E-state index contributed by atoms with van der Waals surface area (Å²) in [4.78, 5) is 26.1. The van der Waals surface area contributed by atoms with Gasteiger partial charge in [-0.3, -0.25) is 9.78 Å². The fraction of sp³-hybridized carbons (Fsp3) is 0.158. The van der Waals surface area contributed by atoms with Gasteiger partial charge >= 0.3 is 0 Å². The molecular formula is C19H17F2N5O. The summed E-state index contributed by atoms with van der Waals surface area (Å²) in [5.74, 6) is -1.83. The molecule has 1 aromatic carbocycles. The number of amides is 1. The molecule has 2 heterocycles. The van der Waals surface area contributed by atoms with Gasteiger partial charge in [-0.05, 0) is 36.2 Å². The van der Waals surface area contributed by atoms with Crippen molar-refractivity contribution in [3.8, 4) is 0 Å². The van der Waals surface area contributed by atoms with Crippen LogP contribution in [0, 0.1) is 11.6 Å². The minimum atomic E-state index is -0.962. The molecule has 8 heteroatoms. The van der Waals surface area contributed by atoms with Gasteiger partial charge in [0.15, 0.2) is 11.6 Å². The standard InChI is InChI=1S/C19H17F2N5O/c1-26(9-6-13-4-7-22-8-5-13)19(27)17-11-24-18(12-23-17)25-14-2-3-15(20)16(21)10-14/h2-5,7-8,10-12H,6,9H2,1H3,(H,24,25). The first-order chi connectivity index (χ1) is 13.0. The van der Waals surface area contributed by atoms with E-state index in [9.17, 15) is 13.6 Å². The summed E-state index contributed by atoms with van der Waals surface area (Å²) < 4.78 is 26.2. The maximum absolute atomic E-state index is 13.2. The smallest absolute Gasteiger partial charge is 0.273 e. The van der Waals surface area contributed by atoms with E-state index in [-0.39, 0.29) is 11.6 Å². The zero-order valence-electron chi connectivity index (χ0n) is 14.6. The van der Waals surface area contributed by atoms with Gasteiger partial charge in [0, 0.05) is 37.7 Å². The van der Waals surface area contributed by atoms with E-state index >= 15 is 0 Å². The number of nitrogens with zero attached hydrogens (tertiary/aromatic N) is 4. The van der Waals surface area contributed by atoms with Crippen LogP contribution in [0.2, 0.25) is 0 Å². The van der Waals surface area contributed by atoms with Crippen molar-refractivity contribution in [3.05, 3.63) is 78.0 Å². The van der Waals surface area contributed by atoms with Gasteiger partial charge in [-0.2, -0.15) is 0 Å². The van der Waals surface area contributed by atoms with Gasteiger partial charge in [-0.1, -0.05) is 0 Å². The van der Waals surface area contributed by atoms with E-state index in [4.69, 9.17) is 0 Å². The second-order valence-electron chi connectivity index (χ2n) is 5.87. The Morgan fingerprint density at radius 1 is 1.07 bits per heavy atom. The van der Waals surface area contributed by atoms with E-state index in [2.05, 4.69) is 20.3 Å². The van der Waals surface area contributed by atoms with Crippen molar-refractivity contribution < 1.29 is 13.6 Å². The lowest BCUT2D eigenvalue weighted by atomic mass is 10.2. The summed E-state index contributed by atoms with van der Waals surface area (Å²) in [5, 5.41) is 2.80. The predicted molar refractivity (Wildman–Crippen MR) is 96.6 cm³/mol. The average Bonchev–Trinajstić information content (AvgIpc) is 2.70. The molecule has 0 unspecified atom stereocenters. The summed E-state index contributed by atoms with van der Waals surface area (Å²) in [6.07, 6.45) is 6.83. The second-order valence-corrected chi connectivity index (χ2v) is 5.87. The van der Waals surface area contributed by atoms with Crippen LogP contribution in [0.4, 0.5) is 20.3 Å². The molecular weight excluding hydrogens is 352 g/mol. The maximum Gasteiger partial charge on any atom is 0.273 e. The van der Waals surface area contributed by atoms with Gasteiger partial charge in [0.2, 0.25) is 0 Å². The highest BCUT2D eigenvalue weighted by Gasteiger charge is 2.14. The van der Waals surface area contributed by atoms with Crippen LogP contribution < -0.4 is 5.32 Å². The molecule has 0 aliphatic carbocycles. The highest BCUT2D eigenvalue weighted by Crippen LogP contribution is 2.17. The number of carbonyl (C=O) groups excluding carboxylic acids is 1. The Balaban J connectivity index is 1.60. The van der Waals surface area contributed by atoms with Crippen molar-refractivity contribution in [1.82, 2.24) is 19.9 Å². The Morgan fingerprint density at radius 2 is 1.85 bits per heavy atom. The summed E-state index contributed by atoms with van der Waals surface area (Å²) in [7, 11) is 1.69. The Hall–Kier alpha value is -3.42. The van der Waals surface area contributed by atoms with E-state index < -0.39 is 11.6 Å². The first-order valence-electron chi connectivity index (χ1n) is 8.21. The van der Waals surface area contributed by atoms with Crippen LogP contribution in [0.15, 0.2) is 55.1 Å². The molecule has 0 radical (unpaired) electrons. The SMILES string of the molecule is CN(CCc1ccncc1)C(=O)c1cnc(Nc2ccc(F)c(F)c2)cn1. The minimum absolute atomic E-state index is 0.197. The van der Waals surface area contributed by atoms with Gasteiger partial charge in [-0.15, -0.1) is 0 Å². The monoisotopic (exact) mass is 369 g/mol. The molecule has 0 aliphatic rings. The summed E-state index contributed by atoms with van der Waals surface area (Å²) in [6, 6.07) is 7.21. The molecule has 0 aliphatic heterocycles. The molecule has 27 heavy (non-hydrogen) atoms. The molecule has 0 spiro atoms. The van der Waals surface area contributed by atoms with E-state index in [1.54, 1.807) is 24.3 Å². The number of halogens is 2. The first-order valence-corrected chi connectivity index (χ1v) is 8.21. The number of aromatic nitrogens is 3. The fourth-order valence-electron chi connectivity index (χ4n) is 2.37. The number of carbonyl (C=O) groups is 1. The topological polar surface area (TPSA) is 71.0 Å². The van der Waals surface area contributed by atoms with E-state index in [1.807, 2.05) is 12.1 Å².